The van der Waals surface area contributed by atoms with E-state index in [9.17, 15) is 9.59 Å². The van der Waals surface area contributed by atoms with Crippen LogP contribution in [0.25, 0.3) is 11.3 Å². The minimum Gasteiger partial charge on any atom is -0.466 e. The Morgan fingerprint density at radius 2 is 2.00 bits per heavy atom. The fourth-order valence-corrected chi connectivity index (χ4v) is 2.27. The monoisotopic (exact) mass is 327 g/mol. The van der Waals surface area contributed by atoms with Crippen molar-refractivity contribution in [3.05, 3.63) is 54.2 Å². The van der Waals surface area contributed by atoms with Crippen molar-refractivity contribution < 1.29 is 14.3 Å². The first kappa shape index (κ1) is 17.5. The van der Waals surface area contributed by atoms with E-state index in [0.29, 0.717) is 5.56 Å². The molecular formula is C18H21N3O3. The molecule has 2 aromatic rings. The highest BCUT2D eigenvalue weighted by Crippen LogP contribution is 2.26. The van der Waals surface area contributed by atoms with E-state index in [1.807, 2.05) is 48.9 Å². The van der Waals surface area contributed by atoms with Gasteiger partial charge in [0.15, 0.2) is 0 Å². The number of carbonyl (C=O) groups excluding carboxylic acids is 2. The van der Waals surface area contributed by atoms with Crippen LogP contribution in [0.1, 0.15) is 30.2 Å². The highest BCUT2D eigenvalue weighted by molar-refractivity contribution is 6.00. The Hall–Kier alpha value is -2.89. The van der Waals surface area contributed by atoms with Crippen molar-refractivity contribution in [3.8, 4) is 11.3 Å². The quantitative estimate of drug-likeness (QED) is 0.654. The molecule has 0 aliphatic carbocycles. The summed E-state index contributed by atoms with van der Waals surface area (Å²) in [5.74, 6) is -0.697. The number of hydrogen-bond acceptors (Lipinski definition) is 4. The third kappa shape index (κ3) is 4.10. The van der Waals surface area contributed by atoms with E-state index in [4.69, 9.17) is 0 Å². The second-order valence-electron chi connectivity index (χ2n) is 5.45. The lowest BCUT2D eigenvalue weighted by Gasteiger charge is -2.12. The molecule has 0 saturated heterocycles. The number of amides is 1. The second kappa shape index (κ2) is 8.10. The zero-order valence-electron chi connectivity index (χ0n) is 14.0. The van der Waals surface area contributed by atoms with Crippen molar-refractivity contribution in [2.45, 2.75) is 19.9 Å². The van der Waals surface area contributed by atoms with Gasteiger partial charge in [-0.25, -0.2) is 4.79 Å². The molecule has 0 bridgehead atoms. The van der Waals surface area contributed by atoms with Crippen LogP contribution < -0.4 is 5.32 Å². The lowest BCUT2D eigenvalue weighted by Crippen LogP contribution is -2.24. The van der Waals surface area contributed by atoms with E-state index in [1.54, 1.807) is 12.3 Å². The summed E-state index contributed by atoms with van der Waals surface area (Å²) in [6.07, 6.45) is 4.39. The lowest BCUT2D eigenvalue weighted by molar-refractivity contribution is -0.134. The van der Waals surface area contributed by atoms with E-state index in [2.05, 4.69) is 15.2 Å². The SMILES string of the molecule is COC(=O)/C=C/CNC(=O)c1cnn(C(C)C)c1-c1ccccc1. The van der Waals surface area contributed by atoms with Gasteiger partial charge in [-0.1, -0.05) is 36.4 Å². The van der Waals surface area contributed by atoms with Crippen molar-refractivity contribution >= 4 is 11.9 Å². The molecule has 1 heterocycles. The van der Waals surface area contributed by atoms with Crippen LogP contribution in [0.3, 0.4) is 0 Å². The maximum Gasteiger partial charge on any atom is 0.330 e. The molecule has 1 aromatic carbocycles. The maximum absolute atomic E-state index is 12.5. The van der Waals surface area contributed by atoms with E-state index >= 15 is 0 Å². The molecule has 0 spiro atoms. The molecule has 1 aromatic heterocycles. The Labute approximate surface area is 141 Å². The van der Waals surface area contributed by atoms with Gasteiger partial charge in [0, 0.05) is 24.2 Å². The molecule has 0 aliphatic heterocycles. The fourth-order valence-electron chi connectivity index (χ4n) is 2.27. The molecule has 6 nitrogen and oxygen atoms in total. The largest absolute Gasteiger partial charge is 0.466 e. The summed E-state index contributed by atoms with van der Waals surface area (Å²) in [4.78, 5) is 23.5. The van der Waals surface area contributed by atoms with Crippen molar-refractivity contribution in [3.63, 3.8) is 0 Å². The lowest BCUT2D eigenvalue weighted by atomic mass is 10.1. The highest BCUT2D eigenvalue weighted by atomic mass is 16.5. The van der Waals surface area contributed by atoms with E-state index in [0.717, 1.165) is 11.3 Å². The summed E-state index contributed by atoms with van der Waals surface area (Å²) >= 11 is 0. The Morgan fingerprint density at radius 3 is 2.62 bits per heavy atom. The molecule has 1 amide bonds. The number of ether oxygens (including phenoxy) is 1. The van der Waals surface area contributed by atoms with Crippen LogP contribution in [-0.4, -0.2) is 35.3 Å². The normalized spacial score (nSPS) is 11.0. The van der Waals surface area contributed by atoms with Gasteiger partial charge in [-0.05, 0) is 13.8 Å². The molecule has 0 fully saturated rings. The molecule has 0 aliphatic rings. The van der Waals surface area contributed by atoms with Gasteiger partial charge in [0.1, 0.15) is 0 Å². The number of esters is 1. The highest BCUT2D eigenvalue weighted by Gasteiger charge is 2.19. The average Bonchev–Trinajstić information content (AvgIpc) is 3.04. The molecule has 0 unspecified atom stereocenters. The number of rotatable bonds is 6. The number of benzene rings is 1. The molecule has 24 heavy (non-hydrogen) atoms. The summed E-state index contributed by atoms with van der Waals surface area (Å²) in [5, 5.41) is 7.10. The predicted molar refractivity (Wildman–Crippen MR) is 91.5 cm³/mol. The number of carbonyl (C=O) groups is 2. The fraction of sp³-hybridized carbons (Fsp3) is 0.278. The van der Waals surface area contributed by atoms with Crippen LogP contribution in [0.2, 0.25) is 0 Å². The van der Waals surface area contributed by atoms with Gasteiger partial charge in [-0.15, -0.1) is 0 Å². The Morgan fingerprint density at radius 1 is 1.29 bits per heavy atom. The van der Waals surface area contributed by atoms with Gasteiger partial charge in [0.05, 0.1) is 24.6 Å². The Bertz CT molecular complexity index is 733. The summed E-state index contributed by atoms with van der Waals surface area (Å²) in [5.41, 5.74) is 2.21. The molecule has 2 rings (SSSR count). The minimum atomic E-state index is -0.457. The zero-order valence-corrected chi connectivity index (χ0v) is 14.0. The van der Waals surface area contributed by atoms with Gasteiger partial charge in [-0.2, -0.15) is 5.10 Å². The molecule has 0 atom stereocenters. The Kier molecular flexibility index (Phi) is 5.89. The number of nitrogens with zero attached hydrogens (tertiary/aromatic N) is 2. The summed E-state index contributed by atoms with van der Waals surface area (Å²) in [7, 11) is 1.30. The van der Waals surface area contributed by atoms with Gasteiger partial charge in [0.2, 0.25) is 0 Å². The first-order chi connectivity index (χ1) is 11.5. The van der Waals surface area contributed by atoms with Crippen LogP contribution in [0.15, 0.2) is 48.7 Å². The van der Waals surface area contributed by atoms with Crippen LogP contribution in [0, 0.1) is 0 Å². The first-order valence-corrected chi connectivity index (χ1v) is 7.70. The van der Waals surface area contributed by atoms with Crippen LogP contribution in [0.5, 0.6) is 0 Å². The molecule has 126 valence electrons. The van der Waals surface area contributed by atoms with Crippen LogP contribution >= 0.6 is 0 Å². The smallest absolute Gasteiger partial charge is 0.330 e. The third-order valence-electron chi connectivity index (χ3n) is 3.41. The molecule has 6 heteroatoms. The minimum absolute atomic E-state index is 0.126. The number of methoxy groups -OCH3 is 1. The molecule has 0 radical (unpaired) electrons. The van der Waals surface area contributed by atoms with Crippen molar-refractivity contribution in [2.24, 2.45) is 0 Å². The average molecular weight is 327 g/mol. The van der Waals surface area contributed by atoms with Gasteiger partial charge >= 0.3 is 5.97 Å². The standard InChI is InChI=1S/C18H21N3O3/c1-13(2)21-17(14-8-5-4-6-9-14)15(12-20-21)18(23)19-11-7-10-16(22)24-3/h4-10,12-13H,11H2,1-3H3,(H,19,23)/b10-7+. The van der Waals surface area contributed by atoms with Crippen molar-refractivity contribution in [1.82, 2.24) is 15.1 Å². The predicted octanol–water partition coefficient (Wildman–Crippen LogP) is 2.59. The van der Waals surface area contributed by atoms with E-state index in [1.165, 1.54) is 13.2 Å². The maximum atomic E-state index is 12.5. The summed E-state index contributed by atoms with van der Waals surface area (Å²) < 4.78 is 6.32. The number of hydrogen-bond donors (Lipinski definition) is 1. The summed E-state index contributed by atoms with van der Waals surface area (Å²) in [6.45, 7) is 4.26. The molecular weight excluding hydrogens is 306 g/mol. The van der Waals surface area contributed by atoms with Crippen molar-refractivity contribution in [1.29, 1.82) is 0 Å². The molecule has 0 saturated carbocycles. The summed E-state index contributed by atoms with van der Waals surface area (Å²) in [6, 6.07) is 9.80. The van der Waals surface area contributed by atoms with Crippen LogP contribution in [0.4, 0.5) is 0 Å². The Balaban J connectivity index is 2.22. The zero-order chi connectivity index (χ0) is 17.5. The second-order valence-corrected chi connectivity index (χ2v) is 5.45. The van der Waals surface area contributed by atoms with Crippen LogP contribution in [-0.2, 0) is 9.53 Å². The number of nitrogens with one attached hydrogen (secondary N) is 1. The first-order valence-electron chi connectivity index (χ1n) is 7.70. The topological polar surface area (TPSA) is 73.2 Å². The van der Waals surface area contributed by atoms with Crippen molar-refractivity contribution in [2.75, 3.05) is 13.7 Å². The molecule has 1 N–H and O–H groups in total. The number of aromatic nitrogens is 2. The van der Waals surface area contributed by atoms with E-state index in [-0.39, 0.29) is 18.5 Å². The van der Waals surface area contributed by atoms with Gasteiger partial charge in [-0.3, -0.25) is 9.48 Å². The van der Waals surface area contributed by atoms with Gasteiger partial charge < -0.3 is 10.1 Å². The van der Waals surface area contributed by atoms with E-state index < -0.39 is 5.97 Å². The van der Waals surface area contributed by atoms with Gasteiger partial charge in [0.25, 0.3) is 5.91 Å². The third-order valence-corrected chi connectivity index (χ3v) is 3.41.